The van der Waals surface area contributed by atoms with E-state index in [2.05, 4.69) is 14.0 Å². The van der Waals surface area contributed by atoms with Crippen molar-refractivity contribution in [3.05, 3.63) is 0 Å². The molecule has 0 bridgehead atoms. The van der Waals surface area contributed by atoms with Gasteiger partial charge in [-0.15, -0.1) is 0 Å². The molecule has 0 aromatic rings. The van der Waals surface area contributed by atoms with Crippen molar-refractivity contribution in [3.8, 4) is 0 Å². The van der Waals surface area contributed by atoms with Gasteiger partial charge in [-0.25, -0.2) is 0 Å². The Kier molecular flexibility index (Phi) is 26.4. The van der Waals surface area contributed by atoms with Crippen LogP contribution in [0.3, 0.4) is 0 Å². The van der Waals surface area contributed by atoms with Gasteiger partial charge < -0.3 is 27.1 Å². The highest BCUT2D eigenvalue weighted by atomic mass is 35.5. The fraction of sp³-hybridized carbons (Fsp3) is 1.00. The van der Waals surface area contributed by atoms with Gasteiger partial charge in [0.1, 0.15) is 13.1 Å². The van der Waals surface area contributed by atoms with E-state index in [9.17, 15) is 10.2 Å². The molecule has 0 saturated heterocycles. The molecular formula is C25H54ClNO2. The molecule has 0 rings (SSSR count). The molecule has 4 heteroatoms. The number of nitrogens with zero attached hydrogens (tertiary/aromatic N) is 1. The number of halogens is 1. The largest absolute Gasteiger partial charge is 1.00 e. The lowest BCUT2D eigenvalue weighted by molar-refractivity contribution is -0.910. The first kappa shape index (κ1) is 31.4. The molecule has 29 heavy (non-hydrogen) atoms. The average molecular weight is 436 g/mol. The third kappa shape index (κ3) is 22.7. The monoisotopic (exact) mass is 435 g/mol. The number of unbranched alkanes of at least 4 members (excludes halogenated alkanes) is 17. The van der Waals surface area contributed by atoms with Crippen molar-refractivity contribution in [2.24, 2.45) is 0 Å². The maximum atomic E-state index is 9.18. The number of likely N-dealkylation sites (N-methyl/N-ethyl adjacent to an activating group) is 1. The molecule has 0 aromatic carbocycles. The average Bonchev–Trinajstić information content (AvgIpc) is 2.67. The summed E-state index contributed by atoms with van der Waals surface area (Å²) in [5, 5.41) is 18.4. The molecule has 0 aliphatic heterocycles. The van der Waals surface area contributed by atoms with Crippen LogP contribution in [0.2, 0.25) is 0 Å². The summed E-state index contributed by atoms with van der Waals surface area (Å²) in [7, 11) is 2.15. The highest BCUT2D eigenvalue weighted by molar-refractivity contribution is 4.51. The lowest BCUT2D eigenvalue weighted by Gasteiger charge is -2.33. The third-order valence-electron chi connectivity index (χ3n) is 6.33. The number of aliphatic hydroxyl groups is 2. The molecule has 0 aliphatic rings. The predicted octanol–water partition coefficient (Wildman–Crippen LogP) is 3.46. The van der Waals surface area contributed by atoms with Crippen LogP contribution < -0.4 is 12.4 Å². The van der Waals surface area contributed by atoms with Gasteiger partial charge in [0.05, 0.1) is 26.8 Å². The van der Waals surface area contributed by atoms with Crippen LogP contribution in [0.25, 0.3) is 0 Å². The van der Waals surface area contributed by atoms with Crippen LogP contribution in [0.5, 0.6) is 0 Å². The van der Waals surface area contributed by atoms with E-state index in [1.54, 1.807) is 0 Å². The van der Waals surface area contributed by atoms with Crippen molar-refractivity contribution in [2.45, 2.75) is 122 Å². The molecule has 0 radical (unpaired) electrons. The zero-order valence-corrected chi connectivity index (χ0v) is 20.7. The first-order valence-corrected chi connectivity index (χ1v) is 12.7. The standard InChI is InChI=1S/C25H54NO2.ClH/c1-3-4-5-6-7-8-9-10-11-12-13-14-15-16-17-18-19-20-21-26(2,22-24-27)23-25-28;/h27-28H,3-25H2,1-2H3;1H/q+1;/p-1. The SMILES string of the molecule is CCCCCCCCCCCCCCCCCCCC[N+](C)(CCO)CCO.[Cl-]. The second kappa shape index (κ2) is 24.4. The summed E-state index contributed by atoms with van der Waals surface area (Å²) in [6.45, 7) is 5.33. The highest BCUT2D eigenvalue weighted by Gasteiger charge is 2.19. The molecular weight excluding hydrogens is 382 g/mol. The first-order valence-electron chi connectivity index (χ1n) is 12.7. The highest BCUT2D eigenvalue weighted by Crippen LogP contribution is 2.15. The molecule has 178 valence electrons. The van der Waals surface area contributed by atoms with E-state index in [-0.39, 0.29) is 25.6 Å². The van der Waals surface area contributed by atoms with Crippen molar-refractivity contribution in [1.82, 2.24) is 0 Å². The lowest BCUT2D eigenvalue weighted by atomic mass is 10.0. The molecule has 0 fully saturated rings. The number of rotatable bonds is 23. The second-order valence-electron chi connectivity index (χ2n) is 9.25. The Hall–Kier alpha value is 0.170. The van der Waals surface area contributed by atoms with E-state index in [0.717, 1.165) is 24.1 Å². The van der Waals surface area contributed by atoms with Crippen LogP contribution >= 0.6 is 0 Å². The Morgan fingerprint density at radius 1 is 0.448 bits per heavy atom. The second-order valence-corrected chi connectivity index (χ2v) is 9.25. The van der Waals surface area contributed by atoms with E-state index in [1.807, 2.05) is 0 Å². The first-order chi connectivity index (χ1) is 13.7. The van der Waals surface area contributed by atoms with Gasteiger partial charge in [0.15, 0.2) is 0 Å². The molecule has 0 saturated carbocycles. The number of quaternary nitrogens is 1. The smallest absolute Gasteiger partial charge is 0.102 e. The summed E-state index contributed by atoms with van der Waals surface area (Å²) in [6.07, 6.45) is 25.3. The molecule has 0 heterocycles. The molecule has 0 spiro atoms. The Bertz CT molecular complexity index is 297. The molecule has 2 N–H and O–H groups in total. The quantitative estimate of drug-likeness (QED) is 0.190. The lowest BCUT2D eigenvalue weighted by Crippen LogP contribution is -3.00. The number of hydrogen-bond donors (Lipinski definition) is 2. The Morgan fingerprint density at radius 3 is 1.00 bits per heavy atom. The summed E-state index contributed by atoms with van der Waals surface area (Å²) in [5.41, 5.74) is 0. The van der Waals surface area contributed by atoms with Crippen molar-refractivity contribution < 1.29 is 27.1 Å². The minimum absolute atomic E-state index is 0. The van der Waals surface area contributed by atoms with Gasteiger partial charge in [-0.3, -0.25) is 0 Å². The normalized spacial score (nSPS) is 11.6. The van der Waals surface area contributed by atoms with Gasteiger partial charge in [-0.1, -0.05) is 110 Å². The van der Waals surface area contributed by atoms with Crippen molar-refractivity contribution in [3.63, 3.8) is 0 Å². The van der Waals surface area contributed by atoms with Gasteiger partial charge in [-0.05, 0) is 12.8 Å². The van der Waals surface area contributed by atoms with Crippen LogP contribution in [-0.2, 0) is 0 Å². The minimum atomic E-state index is 0. The maximum absolute atomic E-state index is 9.18. The van der Waals surface area contributed by atoms with E-state index in [1.165, 1.54) is 116 Å². The van der Waals surface area contributed by atoms with E-state index in [0.29, 0.717) is 0 Å². The Balaban J connectivity index is 0. The van der Waals surface area contributed by atoms with Gasteiger partial charge in [0.25, 0.3) is 0 Å². The van der Waals surface area contributed by atoms with Crippen LogP contribution in [-0.4, -0.2) is 54.6 Å². The van der Waals surface area contributed by atoms with Crippen LogP contribution in [0.15, 0.2) is 0 Å². The fourth-order valence-corrected chi connectivity index (χ4v) is 4.21. The van der Waals surface area contributed by atoms with Gasteiger partial charge in [-0.2, -0.15) is 0 Å². The zero-order chi connectivity index (χ0) is 20.8. The minimum Gasteiger partial charge on any atom is -1.00 e. The van der Waals surface area contributed by atoms with E-state index >= 15 is 0 Å². The third-order valence-corrected chi connectivity index (χ3v) is 6.33. The maximum Gasteiger partial charge on any atom is 0.102 e. The fourth-order valence-electron chi connectivity index (χ4n) is 4.21. The van der Waals surface area contributed by atoms with Crippen LogP contribution in [0.4, 0.5) is 0 Å². The molecule has 0 unspecified atom stereocenters. The predicted molar refractivity (Wildman–Crippen MR) is 124 cm³/mol. The Labute approximate surface area is 189 Å². The van der Waals surface area contributed by atoms with Gasteiger partial charge in [0, 0.05) is 0 Å². The summed E-state index contributed by atoms with van der Waals surface area (Å²) >= 11 is 0. The van der Waals surface area contributed by atoms with Crippen molar-refractivity contribution >= 4 is 0 Å². The number of aliphatic hydroxyl groups excluding tert-OH is 2. The number of hydrogen-bond acceptors (Lipinski definition) is 2. The summed E-state index contributed by atoms with van der Waals surface area (Å²) in [5.74, 6) is 0. The molecule has 0 aliphatic carbocycles. The van der Waals surface area contributed by atoms with E-state index < -0.39 is 0 Å². The van der Waals surface area contributed by atoms with Gasteiger partial charge >= 0.3 is 0 Å². The summed E-state index contributed by atoms with van der Waals surface area (Å²) < 4.78 is 0.811. The Morgan fingerprint density at radius 2 is 0.724 bits per heavy atom. The molecule has 3 nitrogen and oxygen atoms in total. The van der Waals surface area contributed by atoms with E-state index in [4.69, 9.17) is 0 Å². The zero-order valence-electron chi connectivity index (χ0n) is 20.0. The van der Waals surface area contributed by atoms with Crippen LogP contribution in [0.1, 0.15) is 122 Å². The summed E-state index contributed by atoms with van der Waals surface area (Å²) in [4.78, 5) is 0. The van der Waals surface area contributed by atoms with Crippen LogP contribution in [0, 0.1) is 0 Å². The van der Waals surface area contributed by atoms with Crippen molar-refractivity contribution in [1.29, 1.82) is 0 Å². The molecule has 0 aromatic heterocycles. The molecule has 0 amide bonds. The topological polar surface area (TPSA) is 40.5 Å². The molecule has 0 atom stereocenters. The van der Waals surface area contributed by atoms with Crippen molar-refractivity contribution in [2.75, 3.05) is 39.9 Å². The summed E-state index contributed by atoms with van der Waals surface area (Å²) in [6, 6.07) is 0. The van der Waals surface area contributed by atoms with Gasteiger partial charge in [0.2, 0.25) is 0 Å².